The Morgan fingerprint density at radius 2 is 1.32 bits per heavy atom. The molecule has 1 aliphatic heterocycles. The Kier molecular flexibility index (Phi) is 7.73. The van der Waals surface area contributed by atoms with Gasteiger partial charge in [-0.15, -0.1) is 0 Å². The molecule has 1 amide bonds. The van der Waals surface area contributed by atoms with Gasteiger partial charge in [-0.05, 0) is 48.5 Å². The summed E-state index contributed by atoms with van der Waals surface area (Å²) in [7, 11) is -6.84. The summed E-state index contributed by atoms with van der Waals surface area (Å²) >= 11 is 0. The fourth-order valence-corrected chi connectivity index (χ4v) is 7.01. The Labute approximate surface area is 215 Å². The summed E-state index contributed by atoms with van der Waals surface area (Å²) in [6.07, 6.45) is 0. The van der Waals surface area contributed by atoms with Crippen molar-refractivity contribution in [3.05, 3.63) is 90.5 Å². The zero-order valence-corrected chi connectivity index (χ0v) is 21.5. The molecular formula is C25H25N3O7S2. The van der Waals surface area contributed by atoms with E-state index in [0.717, 1.165) is 8.61 Å². The van der Waals surface area contributed by atoms with E-state index in [9.17, 15) is 26.4 Å². The molecule has 1 saturated heterocycles. The Balaban J connectivity index is 1.65. The van der Waals surface area contributed by atoms with Gasteiger partial charge in [0.05, 0.1) is 22.5 Å². The van der Waals surface area contributed by atoms with Crippen molar-refractivity contribution in [1.29, 1.82) is 0 Å². The van der Waals surface area contributed by atoms with Crippen molar-refractivity contribution in [2.75, 3.05) is 32.1 Å². The maximum Gasteiger partial charge on any atom is 0.337 e. The maximum absolute atomic E-state index is 13.5. The number of hydrogen-bond donors (Lipinski definition) is 1. The van der Waals surface area contributed by atoms with Gasteiger partial charge < -0.3 is 10.1 Å². The van der Waals surface area contributed by atoms with Crippen LogP contribution in [-0.2, 0) is 29.6 Å². The number of esters is 1. The number of anilines is 1. The van der Waals surface area contributed by atoms with Crippen molar-refractivity contribution in [2.45, 2.75) is 15.8 Å². The highest BCUT2D eigenvalue weighted by atomic mass is 32.2. The van der Waals surface area contributed by atoms with E-state index in [2.05, 4.69) is 10.1 Å². The SMILES string of the molecule is COC(=O)c1ccc(NC(=O)C2CN(S(=O)(=O)c3ccccc3)CCN2S(=O)(=O)c2ccccc2)cc1. The monoisotopic (exact) mass is 543 g/mol. The van der Waals surface area contributed by atoms with E-state index in [1.165, 1.54) is 55.6 Å². The van der Waals surface area contributed by atoms with Crippen LogP contribution in [0.4, 0.5) is 5.69 Å². The van der Waals surface area contributed by atoms with Crippen LogP contribution in [0.2, 0.25) is 0 Å². The van der Waals surface area contributed by atoms with E-state index in [-0.39, 0.29) is 35.0 Å². The number of piperazine rings is 1. The predicted molar refractivity (Wildman–Crippen MR) is 136 cm³/mol. The maximum atomic E-state index is 13.5. The van der Waals surface area contributed by atoms with Crippen LogP contribution >= 0.6 is 0 Å². The first-order chi connectivity index (χ1) is 17.6. The molecule has 0 saturated carbocycles. The number of methoxy groups -OCH3 is 1. The van der Waals surface area contributed by atoms with Crippen LogP contribution in [0, 0.1) is 0 Å². The van der Waals surface area contributed by atoms with Gasteiger partial charge in [0.1, 0.15) is 6.04 Å². The lowest BCUT2D eigenvalue weighted by atomic mass is 10.2. The second-order valence-electron chi connectivity index (χ2n) is 8.18. The molecule has 0 bridgehead atoms. The number of nitrogens with zero attached hydrogens (tertiary/aromatic N) is 2. The van der Waals surface area contributed by atoms with Crippen LogP contribution in [-0.4, -0.2) is 70.1 Å². The number of sulfonamides is 2. The van der Waals surface area contributed by atoms with Gasteiger partial charge in [-0.25, -0.2) is 21.6 Å². The van der Waals surface area contributed by atoms with E-state index in [1.807, 2.05) is 0 Å². The van der Waals surface area contributed by atoms with Crippen molar-refractivity contribution >= 4 is 37.6 Å². The van der Waals surface area contributed by atoms with Crippen LogP contribution in [0.25, 0.3) is 0 Å². The molecule has 1 heterocycles. The summed E-state index contributed by atoms with van der Waals surface area (Å²) in [6.45, 7) is -0.723. The molecule has 12 heteroatoms. The van der Waals surface area contributed by atoms with Gasteiger partial charge in [0, 0.05) is 25.3 Å². The van der Waals surface area contributed by atoms with Crippen molar-refractivity contribution in [2.24, 2.45) is 0 Å². The first-order valence-electron chi connectivity index (χ1n) is 11.3. The largest absolute Gasteiger partial charge is 0.465 e. The molecule has 1 N–H and O–H groups in total. The number of hydrogen-bond acceptors (Lipinski definition) is 7. The van der Waals surface area contributed by atoms with E-state index in [1.54, 1.807) is 36.4 Å². The molecule has 0 radical (unpaired) electrons. The molecule has 10 nitrogen and oxygen atoms in total. The average molecular weight is 544 g/mol. The van der Waals surface area contributed by atoms with Gasteiger partial charge in [0.25, 0.3) is 0 Å². The standard InChI is InChI=1S/C25H25N3O7S2/c1-35-25(30)19-12-14-20(15-13-19)26-24(29)23-18-27(36(31,32)21-8-4-2-5-9-21)16-17-28(23)37(33,34)22-10-6-3-7-11-22/h2-15,23H,16-18H2,1H3,(H,26,29). The second kappa shape index (κ2) is 10.8. The number of amides is 1. The molecule has 1 atom stereocenters. The lowest BCUT2D eigenvalue weighted by molar-refractivity contribution is -0.120. The lowest BCUT2D eigenvalue weighted by Gasteiger charge is -2.38. The molecule has 0 aliphatic carbocycles. The summed E-state index contributed by atoms with van der Waals surface area (Å²) in [5.74, 6) is -1.26. The molecular weight excluding hydrogens is 518 g/mol. The fraction of sp³-hybridized carbons (Fsp3) is 0.200. The van der Waals surface area contributed by atoms with Crippen LogP contribution in [0.1, 0.15) is 10.4 Å². The van der Waals surface area contributed by atoms with Crippen molar-refractivity contribution in [3.63, 3.8) is 0 Å². The minimum atomic E-state index is -4.11. The Morgan fingerprint density at radius 1 is 0.784 bits per heavy atom. The van der Waals surface area contributed by atoms with Crippen LogP contribution in [0.15, 0.2) is 94.7 Å². The zero-order chi connectivity index (χ0) is 26.6. The molecule has 0 spiro atoms. The third-order valence-electron chi connectivity index (χ3n) is 5.90. The second-order valence-corrected chi connectivity index (χ2v) is 12.0. The molecule has 37 heavy (non-hydrogen) atoms. The zero-order valence-electron chi connectivity index (χ0n) is 19.9. The Bertz CT molecular complexity index is 1480. The topological polar surface area (TPSA) is 130 Å². The Morgan fingerprint density at radius 3 is 1.86 bits per heavy atom. The number of rotatable bonds is 7. The number of nitrogens with one attached hydrogen (secondary N) is 1. The van der Waals surface area contributed by atoms with Gasteiger partial charge >= 0.3 is 5.97 Å². The number of ether oxygens (including phenoxy) is 1. The number of carbonyl (C=O) groups is 2. The summed E-state index contributed by atoms with van der Waals surface area (Å²) in [6, 6.07) is 19.9. The first-order valence-corrected chi connectivity index (χ1v) is 14.1. The average Bonchev–Trinajstić information content (AvgIpc) is 2.93. The van der Waals surface area contributed by atoms with Gasteiger partial charge in [-0.2, -0.15) is 8.61 Å². The summed E-state index contributed by atoms with van der Waals surface area (Å²) in [4.78, 5) is 25.1. The molecule has 3 aromatic rings. The third-order valence-corrected chi connectivity index (χ3v) is 9.70. The molecule has 0 aromatic heterocycles. The number of carbonyl (C=O) groups excluding carboxylic acids is 2. The van der Waals surface area contributed by atoms with E-state index < -0.39 is 38.0 Å². The lowest BCUT2D eigenvalue weighted by Crippen LogP contribution is -2.60. The highest BCUT2D eigenvalue weighted by Gasteiger charge is 2.43. The van der Waals surface area contributed by atoms with E-state index in [4.69, 9.17) is 0 Å². The summed E-state index contributed by atoms with van der Waals surface area (Å²) in [5.41, 5.74) is 0.573. The van der Waals surface area contributed by atoms with Crippen LogP contribution < -0.4 is 5.32 Å². The van der Waals surface area contributed by atoms with Gasteiger partial charge in [0.15, 0.2) is 0 Å². The third kappa shape index (κ3) is 5.57. The predicted octanol–water partition coefficient (Wildman–Crippen LogP) is 2.18. The smallest absolute Gasteiger partial charge is 0.337 e. The fourth-order valence-electron chi connectivity index (χ4n) is 3.96. The van der Waals surface area contributed by atoms with Gasteiger partial charge in [0.2, 0.25) is 26.0 Å². The molecule has 1 fully saturated rings. The van der Waals surface area contributed by atoms with Gasteiger partial charge in [-0.3, -0.25) is 4.79 Å². The van der Waals surface area contributed by atoms with E-state index >= 15 is 0 Å². The molecule has 4 rings (SSSR count). The minimum absolute atomic E-state index is 0.00500. The van der Waals surface area contributed by atoms with Crippen molar-refractivity contribution in [1.82, 2.24) is 8.61 Å². The highest BCUT2D eigenvalue weighted by Crippen LogP contribution is 2.26. The normalized spacial score (nSPS) is 17.2. The van der Waals surface area contributed by atoms with Crippen LogP contribution in [0.3, 0.4) is 0 Å². The molecule has 3 aromatic carbocycles. The quantitative estimate of drug-likeness (QED) is 0.452. The summed E-state index contributed by atoms with van der Waals surface area (Å²) in [5, 5.41) is 2.64. The first kappa shape index (κ1) is 26.5. The van der Waals surface area contributed by atoms with E-state index in [0.29, 0.717) is 5.69 Å². The minimum Gasteiger partial charge on any atom is -0.465 e. The van der Waals surface area contributed by atoms with Crippen molar-refractivity contribution in [3.8, 4) is 0 Å². The van der Waals surface area contributed by atoms with Crippen molar-refractivity contribution < 1.29 is 31.2 Å². The highest BCUT2D eigenvalue weighted by molar-refractivity contribution is 7.89. The number of benzene rings is 3. The van der Waals surface area contributed by atoms with Crippen LogP contribution in [0.5, 0.6) is 0 Å². The summed E-state index contributed by atoms with van der Waals surface area (Å²) < 4.78 is 60.2. The molecule has 1 unspecified atom stereocenters. The molecule has 194 valence electrons. The molecule has 1 aliphatic rings. The van der Waals surface area contributed by atoms with Gasteiger partial charge in [-0.1, -0.05) is 36.4 Å². The Hall–Kier alpha value is -3.58.